The number of fused-ring (bicyclic) bond motifs is 2. The first-order chi connectivity index (χ1) is 14.2. The summed E-state index contributed by atoms with van der Waals surface area (Å²) >= 11 is 0. The fourth-order valence-corrected chi connectivity index (χ4v) is 4.20. The van der Waals surface area contributed by atoms with Crippen molar-refractivity contribution in [3.63, 3.8) is 0 Å². The van der Waals surface area contributed by atoms with Crippen LogP contribution in [0.3, 0.4) is 0 Å². The summed E-state index contributed by atoms with van der Waals surface area (Å²) < 4.78 is 4.31. The first kappa shape index (κ1) is 16.4. The number of carbonyl (C=O) groups is 1. The van der Waals surface area contributed by atoms with Crippen molar-refractivity contribution in [1.82, 2.24) is 29.3 Å². The molecule has 6 rings (SSSR count). The molecule has 144 valence electrons. The molecule has 0 radical (unpaired) electrons. The van der Waals surface area contributed by atoms with Crippen molar-refractivity contribution < 1.29 is 4.79 Å². The second-order valence-electron chi connectivity index (χ2n) is 7.71. The Balaban J connectivity index is 1.56. The molecule has 1 aromatic carbocycles. The summed E-state index contributed by atoms with van der Waals surface area (Å²) in [5, 5.41) is 5.44. The van der Waals surface area contributed by atoms with E-state index in [2.05, 4.69) is 14.5 Å². The lowest BCUT2D eigenvalue weighted by Crippen LogP contribution is -2.13. The number of rotatable bonds is 4. The summed E-state index contributed by atoms with van der Waals surface area (Å²) in [6, 6.07) is 8.43. The minimum atomic E-state index is -0.559. The Bertz CT molecular complexity index is 1280. The molecule has 29 heavy (non-hydrogen) atoms. The monoisotopic (exact) mass is 385 g/mol. The molecule has 2 aliphatic rings. The van der Waals surface area contributed by atoms with Crippen LogP contribution in [-0.4, -0.2) is 35.2 Å². The number of nitrogens with two attached hydrogens (primary N) is 1. The van der Waals surface area contributed by atoms with Gasteiger partial charge in [0, 0.05) is 30.1 Å². The summed E-state index contributed by atoms with van der Waals surface area (Å²) in [6.07, 6.45) is 7.83. The number of carbonyl (C=O) groups excluding carboxylic acids is 1. The Hall–Kier alpha value is -3.55. The maximum Gasteiger partial charge on any atom is 0.268 e. The summed E-state index contributed by atoms with van der Waals surface area (Å²) in [4.78, 5) is 25.2. The van der Waals surface area contributed by atoms with Gasteiger partial charge in [0.2, 0.25) is 0 Å². The van der Waals surface area contributed by atoms with Crippen LogP contribution in [0.1, 0.15) is 41.6 Å². The Morgan fingerprint density at radius 2 is 2.07 bits per heavy atom. The first-order valence-electron chi connectivity index (χ1n) is 9.89. The van der Waals surface area contributed by atoms with Crippen molar-refractivity contribution >= 4 is 16.8 Å². The second kappa shape index (κ2) is 5.97. The Kier molecular flexibility index (Phi) is 3.38. The highest BCUT2D eigenvalue weighted by atomic mass is 16.1. The average Bonchev–Trinajstić information content (AvgIpc) is 3.13. The zero-order valence-electron chi connectivity index (χ0n) is 15.7. The molecule has 0 saturated heterocycles. The molecule has 1 aliphatic heterocycles. The average molecular weight is 385 g/mol. The highest BCUT2D eigenvalue weighted by molar-refractivity contribution is 6.04. The number of amides is 1. The standard InChI is InChI=1S/C21H19N7O/c22-21(29)18-14-10-12(3-6-15(14)23-11-24-18)20-19(25-17-2-1-8-27(17)20)16-7-9-28(26-16)13-4-5-13/h3,6-7,9-11,13H,1-2,4-5,8H2,(H2,22,29). The third-order valence-electron chi connectivity index (χ3n) is 5.74. The van der Waals surface area contributed by atoms with Gasteiger partial charge < -0.3 is 10.3 Å². The summed E-state index contributed by atoms with van der Waals surface area (Å²) in [5.41, 5.74) is 10.2. The van der Waals surface area contributed by atoms with Crippen LogP contribution in [0.15, 0.2) is 36.8 Å². The Morgan fingerprint density at radius 1 is 1.17 bits per heavy atom. The molecule has 8 heteroatoms. The van der Waals surface area contributed by atoms with Gasteiger partial charge in [-0.2, -0.15) is 5.10 Å². The number of hydrogen-bond acceptors (Lipinski definition) is 5. The quantitative estimate of drug-likeness (QED) is 0.582. The van der Waals surface area contributed by atoms with Crippen LogP contribution in [0.5, 0.6) is 0 Å². The zero-order valence-corrected chi connectivity index (χ0v) is 15.7. The van der Waals surface area contributed by atoms with E-state index in [1.807, 2.05) is 35.1 Å². The topological polar surface area (TPSA) is 105 Å². The number of hydrogen-bond donors (Lipinski definition) is 1. The summed E-state index contributed by atoms with van der Waals surface area (Å²) in [6.45, 7) is 0.924. The molecule has 0 atom stereocenters. The molecule has 1 fully saturated rings. The van der Waals surface area contributed by atoms with Gasteiger partial charge in [0.1, 0.15) is 29.2 Å². The molecule has 3 aromatic heterocycles. The molecule has 4 heterocycles. The molecule has 1 amide bonds. The van der Waals surface area contributed by atoms with Crippen molar-refractivity contribution in [2.75, 3.05) is 0 Å². The molecule has 8 nitrogen and oxygen atoms in total. The van der Waals surface area contributed by atoms with Crippen molar-refractivity contribution in [3.8, 4) is 22.6 Å². The lowest BCUT2D eigenvalue weighted by Gasteiger charge is -2.09. The third kappa shape index (κ3) is 2.55. The number of primary amides is 1. The van der Waals surface area contributed by atoms with Crippen molar-refractivity contribution in [2.24, 2.45) is 5.73 Å². The van der Waals surface area contributed by atoms with Gasteiger partial charge in [-0.3, -0.25) is 9.48 Å². The lowest BCUT2D eigenvalue weighted by molar-refractivity contribution is 0.0997. The van der Waals surface area contributed by atoms with Crippen LogP contribution in [0, 0.1) is 0 Å². The first-order valence-corrected chi connectivity index (χ1v) is 9.89. The molecule has 1 aliphatic carbocycles. The molecule has 0 spiro atoms. The fourth-order valence-electron chi connectivity index (χ4n) is 4.20. The van der Waals surface area contributed by atoms with E-state index in [0.717, 1.165) is 47.9 Å². The highest BCUT2D eigenvalue weighted by Gasteiger charge is 2.28. The van der Waals surface area contributed by atoms with Gasteiger partial charge in [0.25, 0.3) is 5.91 Å². The van der Waals surface area contributed by atoms with Crippen LogP contribution >= 0.6 is 0 Å². The molecule has 0 unspecified atom stereocenters. The molecular weight excluding hydrogens is 366 g/mol. The number of nitrogens with zero attached hydrogens (tertiary/aromatic N) is 6. The zero-order chi connectivity index (χ0) is 19.5. The van der Waals surface area contributed by atoms with Gasteiger partial charge in [-0.15, -0.1) is 0 Å². The van der Waals surface area contributed by atoms with Gasteiger partial charge in [-0.05, 0) is 37.5 Å². The number of aromatic nitrogens is 6. The predicted molar refractivity (Wildman–Crippen MR) is 107 cm³/mol. The van der Waals surface area contributed by atoms with E-state index in [0.29, 0.717) is 16.9 Å². The maximum absolute atomic E-state index is 11.9. The van der Waals surface area contributed by atoms with Gasteiger partial charge in [-0.25, -0.2) is 15.0 Å². The normalized spacial score (nSPS) is 15.7. The van der Waals surface area contributed by atoms with E-state index in [4.69, 9.17) is 15.8 Å². The van der Waals surface area contributed by atoms with E-state index >= 15 is 0 Å². The van der Waals surface area contributed by atoms with Crippen LogP contribution in [0.4, 0.5) is 0 Å². The van der Waals surface area contributed by atoms with Gasteiger partial charge >= 0.3 is 0 Å². The van der Waals surface area contributed by atoms with Crippen LogP contribution in [-0.2, 0) is 13.0 Å². The lowest BCUT2D eigenvalue weighted by atomic mass is 10.0. The number of benzene rings is 1. The van der Waals surface area contributed by atoms with E-state index in [1.54, 1.807) is 0 Å². The van der Waals surface area contributed by atoms with Crippen molar-refractivity contribution in [3.05, 3.63) is 48.3 Å². The third-order valence-corrected chi connectivity index (χ3v) is 5.74. The van der Waals surface area contributed by atoms with Crippen LogP contribution in [0.2, 0.25) is 0 Å². The molecule has 1 saturated carbocycles. The smallest absolute Gasteiger partial charge is 0.268 e. The van der Waals surface area contributed by atoms with Gasteiger partial charge in [0.05, 0.1) is 17.3 Å². The summed E-state index contributed by atoms with van der Waals surface area (Å²) in [5.74, 6) is 0.520. The highest BCUT2D eigenvalue weighted by Crippen LogP contribution is 2.38. The molecule has 4 aromatic rings. The fraction of sp³-hybridized carbons (Fsp3) is 0.286. The predicted octanol–water partition coefficient (Wildman–Crippen LogP) is 2.74. The van der Waals surface area contributed by atoms with Crippen LogP contribution in [0.25, 0.3) is 33.5 Å². The Morgan fingerprint density at radius 3 is 2.90 bits per heavy atom. The maximum atomic E-state index is 11.9. The largest absolute Gasteiger partial charge is 0.364 e. The minimum absolute atomic E-state index is 0.234. The SMILES string of the molecule is NC(=O)c1ncnc2ccc(-c3c(-c4ccn(C5CC5)n4)nc4n3CCC4)cc12. The van der Waals surface area contributed by atoms with Crippen LogP contribution < -0.4 is 5.73 Å². The summed E-state index contributed by atoms with van der Waals surface area (Å²) in [7, 11) is 0. The number of aryl methyl sites for hydroxylation is 1. The van der Waals surface area contributed by atoms with E-state index in [9.17, 15) is 4.79 Å². The molecule has 2 N–H and O–H groups in total. The van der Waals surface area contributed by atoms with E-state index in [-0.39, 0.29) is 5.69 Å². The van der Waals surface area contributed by atoms with E-state index < -0.39 is 5.91 Å². The van der Waals surface area contributed by atoms with E-state index in [1.165, 1.54) is 19.2 Å². The second-order valence-corrected chi connectivity index (χ2v) is 7.71. The van der Waals surface area contributed by atoms with Gasteiger partial charge in [-0.1, -0.05) is 6.07 Å². The number of imidazole rings is 1. The Labute approximate surface area is 166 Å². The minimum Gasteiger partial charge on any atom is -0.364 e. The molecular formula is C21H19N7O. The van der Waals surface area contributed by atoms with Crippen molar-refractivity contribution in [2.45, 2.75) is 38.3 Å². The van der Waals surface area contributed by atoms with Crippen molar-refractivity contribution in [1.29, 1.82) is 0 Å². The van der Waals surface area contributed by atoms with Gasteiger partial charge in [0.15, 0.2) is 0 Å². The molecule has 0 bridgehead atoms.